The molecule has 0 saturated carbocycles. The van der Waals surface area contributed by atoms with Crippen molar-refractivity contribution in [3.05, 3.63) is 66.0 Å². The maximum Gasteiger partial charge on any atom is 0.292 e. The van der Waals surface area contributed by atoms with Crippen molar-refractivity contribution in [2.24, 2.45) is 0 Å². The number of benzene rings is 1. The summed E-state index contributed by atoms with van der Waals surface area (Å²) in [5.74, 6) is -1.07. The van der Waals surface area contributed by atoms with Gasteiger partial charge in [-0.3, -0.25) is 14.0 Å². The van der Waals surface area contributed by atoms with Gasteiger partial charge in [0.1, 0.15) is 5.82 Å². The molecule has 0 radical (unpaired) electrons. The summed E-state index contributed by atoms with van der Waals surface area (Å²) in [7, 11) is 2.02. The number of hydrogen-bond donors (Lipinski definition) is 1. The van der Waals surface area contributed by atoms with Crippen molar-refractivity contribution < 1.29 is 14.0 Å². The molecule has 1 saturated heterocycles. The van der Waals surface area contributed by atoms with Crippen molar-refractivity contribution in [2.75, 3.05) is 38.5 Å². The predicted molar refractivity (Wildman–Crippen MR) is 103 cm³/mol. The van der Waals surface area contributed by atoms with Crippen LogP contribution in [-0.4, -0.2) is 64.2 Å². The number of imidazole rings is 1. The molecule has 1 N–H and O–H groups in total. The summed E-state index contributed by atoms with van der Waals surface area (Å²) in [5, 5.41) is 2.63. The Labute approximate surface area is 161 Å². The molecule has 1 fully saturated rings. The summed E-state index contributed by atoms with van der Waals surface area (Å²) in [5.41, 5.74) is 1.13. The number of carbonyl (C=O) groups is 2. The van der Waals surface area contributed by atoms with Crippen LogP contribution in [0.3, 0.4) is 0 Å². The van der Waals surface area contributed by atoms with Crippen molar-refractivity contribution in [3.63, 3.8) is 0 Å². The van der Waals surface area contributed by atoms with Crippen molar-refractivity contribution in [1.29, 1.82) is 0 Å². The van der Waals surface area contributed by atoms with Crippen LogP contribution in [0.25, 0.3) is 5.52 Å². The Morgan fingerprint density at radius 3 is 2.61 bits per heavy atom. The van der Waals surface area contributed by atoms with E-state index in [0.717, 1.165) is 13.1 Å². The van der Waals surface area contributed by atoms with Crippen LogP contribution in [0.2, 0.25) is 0 Å². The lowest BCUT2D eigenvalue weighted by molar-refractivity contribution is 0.0661. The Kier molecular flexibility index (Phi) is 4.79. The van der Waals surface area contributed by atoms with Gasteiger partial charge in [0.05, 0.1) is 5.52 Å². The van der Waals surface area contributed by atoms with Crippen LogP contribution in [-0.2, 0) is 0 Å². The molecule has 2 aromatic heterocycles. The molecule has 0 unspecified atom stereocenters. The second-order valence-corrected chi connectivity index (χ2v) is 6.80. The van der Waals surface area contributed by atoms with Gasteiger partial charge in [-0.15, -0.1) is 0 Å². The van der Waals surface area contributed by atoms with E-state index < -0.39 is 11.7 Å². The first kappa shape index (κ1) is 18.1. The number of pyridine rings is 1. The molecule has 8 heteroatoms. The van der Waals surface area contributed by atoms with E-state index in [4.69, 9.17) is 0 Å². The zero-order valence-electron chi connectivity index (χ0n) is 15.4. The monoisotopic (exact) mass is 381 g/mol. The summed E-state index contributed by atoms with van der Waals surface area (Å²) in [4.78, 5) is 34.0. The van der Waals surface area contributed by atoms with Crippen LogP contribution in [0.1, 0.15) is 21.1 Å². The third-order valence-corrected chi connectivity index (χ3v) is 4.83. The molecule has 4 rings (SSSR count). The topological polar surface area (TPSA) is 69.9 Å². The first-order valence-corrected chi connectivity index (χ1v) is 9.05. The number of piperazine rings is 1. The van der Waals surface area contributed by atoms with Gasteiger partial charge in [-0.2, -0.15) is 0 Å². The third-order valence-electron chi connectivity index (χ3n) is 4.83. The maximum atomic E-state index is 13.4. The molecule has 28 heavy (non-hydrogen) atoms. The van der Waals surface area contributed by atoms with E-state index in [0.29, 0.717) is 24.3 Å². The SMILES string of the molecule is CN1CCN(C(=O)c2nc(C(=O)Nc3cccc(F)c3)n3ccccc23)CC1. The molecular formula is C20H20FN5O2. The fourth-order valence-electron chi connectivity index (χ4n) is 3.27. The number of nitrogens with one attached hydrogen (secondary N) is 1. The van der Waals surface area contributed by atoms with Gasteiger partial charge < -0.3 is 15.1 Å². The van der Waals surface area contributed by atoms with Gasteiger partial charge in [-0.25, -0.2) is 9.37 Å². The van der Waals surface area contributed by atoms with Gasteiger partial charge in [0, 0.05) is 38.1 Å². The highest BCUT2D eigenvalue weighted by Gasteiger charge is 2.27. The van der Waals surface area contributed by atoms with Gasteiger partial charge in [-0.05, 0) is 37.4 Å². The second-order valence-electron chi connectivity index (χ2n) is 6.80. The van der Waals surface area contributed by atoms with E-state index in [-0.39, 0.29) is 17.4 Å². The van der Waals surface area contributed by atoms with Crippen molar-refractivity contribution in [3.8, 4) is 0 Å². The number of nitrogens with zero attached hydrogens (tertiary/aromatic N) is 4. The third kappa shape index (κ3) is 3.46. The summed E-state index contributed by atoms with van der Waals surface area (Å²) in [6.45, 7) is 2.83. The lowest BCUT2D eigenvalue weighted by Crippen LogP contribution is -2.47. The largest absolute Gasteiger partial charge is 0.335 e. The summed E-state index contributed by atoms with van der Waals surface area (Å²) >= 11 is 0. The molecule has 1 aliphatic rings. The normalized spacial score (nSPS) is 15.0. The minimum Gasteiger partial charge on any atom is -0.335 e. The highest BCUT2D eigenvalue weighted by molar-refractivity contribution is 6.06. The predicted octanol–water partition coefficient (Wildman–Crippen LogP) is 2.11. The van der Waals surface area contributed by atoms with Gasteiger partial charge in [0.15, 0.2) is 5.69 Å². The number of likely N-dealkylation sites (N-methyl/N-ethyl adjacent to an activating group) is 1. The van der Waals surface area contributed by atoms with E-state index in [1.807, 2.05) is 7.05 Å². The average Bonchev–Trinajstić information content (AvgIpc) is 3.08. The van der Waals surface area contributed by atoms with Crippen molar-refractivity contribution in [2.45, 2.75) is 0 Å². The number of anilines is 1. The Bertz CT molecular complexity index is 1040. The minimum absolute atomic E-state index is 0.0809. The van der Waals surface area contributed by atoms with Gasteiger partial charge in [0.2, 0.25) is 5.82 Å². The van der Waals surface area contributed by atoms with Crippen LogP contribution in [0.5, 0.6) is 0 Å². The van der Waals surface area contributed by atoms with Crippen LogP contribution < -0.4 is 5.32 Å². The molecule has 1 aliphatic heterocycles. The quantitative estimate of drug-likeness (QED) is 0.755. The van der Waals surface area contributed by atoms with E-state index in [1.165, 1.54) is 18.2 Å². The summed E-state index contributed by atoms with van der Waals surface area (Å²) in [6, 6.07) is 10.9. The van der Waals surface area contributed by atoms with Crippen molar-refractivity contribution >= 4 is 23.0 Å². The summed E-state index contributed by atoms with van der Waals surface area (Å²) in [6.07, 6.45) is 1.68. The van der Waals surface area contributed by atoms with Crippen molar-refractivity contribution in [1.82, 2.24) is 19.2 Å². The zero-order valence-corrected chi connectivity index (χ0v) is 15.4. The van der Waals surface area contributed by atoms with E-state index in [1.54, 1.807) is 39.8 Å². The van der Waals surface area contributed by atoms with Crippen LogP contribution >= 0.6 is 0 Å². The molecule has 3 aromatic rings. The number of aromatic nitrogens is 2. The number of halogens is 1. The minimum atomic E-state index is -0.510. The van der Waals surface area contributed by atoms with Gasteiger partial charge >= 0.3 is 0 Å². The molecule has 7 nitrogen and oxygen atoms in total. The van der Waals surface area contributed by atoms with E-state index in [9.17, 15) is 14.0 Å². The Balaban J connectivity index is 1.66. The number of hydrogen-bond acceptors (Lipinski definition) is 4. The molecule has 0 atom stereocenters. The van der Waals surface area contributed by atoms with Crippen LogP contribution in [0, 0.1) is 5.82 Å². The van der Waals surface area contributed by atoms with E-state index >= 15 is 0 Å². The fourth-order valence-corrected chi connectivity index (χ4v) is 3.27. The lowest BCUT2D eigenvalue weighted by atomic mass is 10.2. The second kappa shape index (κ2) is 7.40. The molecule has 0 aliphatic carbocycles. The van der Waals surface area contributed by atoms with Crippen LogP contribution in [0.4, 0.5) is 10.1 Å². The number of fused-ring (bicyclic) bond motifs is 1. The van der Waals surface area contributed by atoms with E-state index in [2.05, 4.69) is 15.2 Å². The molecule has 1 aromatic carbocycles. The molecule has 0 bridgehead atoms. The number of carbonyl (C=O) groups excluding carboxylic acids is 2. The maximum absolute atomic E-state index is 13.4. The first-order valence-electron chi connectivity index (χ1n) is 9.05. The highest BCUT2D eigenvalue weighted by atomic mass is 19.1. The summed E-state index contributed by atoms with van der Waals surface area (Å²) < 4.78 is 15.0. The molecular weight excluding hydrogens is 361 g/mol. The Morgan fingerprint density at radius 1 is 1.07 bits per heavy atom. The zero-order chi connectivity index (χ0) is 19.7. The van der Waals surface area contributed by atoms with Gasteiger partial charge in [0.25, 0.3) is 11.8 Å². The molecule has 2 amide bonds. The highest BCUT2D eigenvalue weighted by Crippen LogP contribution is 2.18. The Morgan fingerprint density at radius 2 is 1.86 bits per heavy atom. The van der Waals surface area contributed by atoms with Gasteiger partial charge in [-0.1, -0.05) is 12.1 Å². The number of rotatable bonds is 3. The Hall–Kier alpha value is -3.26. The first-order chi connectivity index (χ1) is 13.5. The smallest absolute Gasteiger partial charge is 0.292 e. The van der Waals surface area contributed by atoms with Crippen LogP contribution in [0.15, 0.2) is 48.7 Å². The molecule has 144 valence electrons. The number of amides is 2. The lowest BCUT2D eigenvalue weighted by Gasteiger charge is -2.32. The molecule has 0 spiro atoms. The molecule has 3 heterocycles. The standard InChI is InChI=1S/C20H20FN5O2/c1-24-9-11-25(12-10-24)20(28)17-16-7-2-3-8-26(16)18(23-17)19(27)22-15-6-4-5-14(21)13-15/h2-8,13H,9-12H2,1H3,(H,22,27). The average molecular weight is 381 g/mol. The fraction of sp³-hybridized carbons (Fsp3) is 0.250.